The van der Waals surface area contributed by atoms with Gasteiger partial charge in [0.2, 0.25) is 5.91 Å². The summed E-state index contributed by atoms with van der Waals surface area (Å²) in [6.45, 7) is 3.54. The van der Waals surface area contributed by atoms with Gasteiger partial charge in [0, 0.05) is 18.3 Å². The second-order valence-corrected chi connectivity index (χ2v) is 5.66. The molecule has 1 aromatic carbocycles. The monoisotopic (exact) mass is 333 g/mol. The molecule has 0 saturated heterocycles. The van der Waals surface area contributed by atoms with Crippen molar-refractivity contribution in [3.05, 3.63) is 68.7 Å². The fourth-order valence-corrected chi connectivity index (χ4v) is 2.22. The van der Waals surface area contributed by atoms with Crippen LogP contribution in [0, 0.1) is 5.82 Å². The predicted octanol–water partition coefficient (Wildman–Crippen LogP) is 1.11. The van der Waals surface area contributed by atoms with E-state index in [0.29, 0.717) is 5.56 Å². The van der Waals surface area contributed by atoms with Crippen molar-refractivity contribution in [2.24, 2.45) is 0 Å². The minimum Gasteiger partial charge on any atom is -0.352 e. The number of carbonyl (C=O) groups is 1. The fourth-order valence-electron chi connectivity index (χ4n) is 2.22. The highest BCUT2D eigenvalue weighted by Gasteiger charge is 2.12. The van der Waals surface area contributed by atoms with Crippen LogP contribution in [0.15, 0.2) is 46.1 Å². The van der Waals surface area contributed by atoms with Crippen molar-refractivity contribution in [2.45, 2.75) is 39.4 Å². The molecule has 2 rings (SSSR count). The van der Waals surface area contributed by atoms with Crippen LogP contribution in [-0.2, 0) is 17.9 Å². The average Bonchev–Trinajstić information content (AvgIpc) is 2.54. The maximum absolute atomic E-state index is 13.2. The normalized spacial score (nSPS) is 12.0. The Morgan fingerprint density at radius 2 is 2.04 bits per heavy atom. The molecule has 1 aromatic heterocycles. The lowest BCUT2D eigenvalue weighted by atomic mass is 10.2. The number of benzene rings is 1. The van der Waals surface area contributed by atoms with Crippen LogP contribution in [0.2, 0.25) is 0 Å². The summed E-state index contributed by atoms with van der Waals surface area (Å²) in [5.41, 5.74) is -0.563. The Labute approximate surface area is 138 Å². The van der Waals surface area contributed by atoms with E-state index in [9.17, 15) is 18.8 Å². The summed E-state index contributed by atoms with van der Waals surface area (Å²) < 4.78 is 15.4. The van der Waals surface area contributed by atoms with E-state index < -0.39 is 23.0 Å². The van der Waals surface area contributed by atoms with Crippen molar-refractivity contribution in [2.75, 3.05) is 0 Å². The standard InChI is InChI=1S/C17H20FN3O3/c1-3-12(2)19-15(22)11-21-16(23)7-8-20(17(21)24)10-13-5-4-6-14(18)9-13/h4-9,12H,3,10-11H2,1-2H3,(H,19,22)/t12-/m0/s1. The zero-order valence-corrected chi connectivity index (χ0v) is 13.7. The number of nitrogens with one attached hydrogen (secondary N) is 1. The van der Waals surface area contributed by atoms with Gasteiger partial charge in [-0.2, -0.15) is 0 Å². The van der Waals surface area contributed by atoms with Crippen LogP contribution in [-0.4, -0.2) is 21.1 Å². The number of amides is 1. The van der Waals surface area contributed by atoms with E-state index in [1.54, 1.807) is 12.1 Å². The molecule has 1 amide bonds. The quantitative estimate of drug-likeness (QED) is 0.861. The summed E-state index contributed by atoms with van der Waals surface area (Å²) in [4.78, 5) is 36.3. The van der Waals surface area contributed by atoms with Crippen molar-refractivity contribution < 1.29 is 9.18 Å². The summed E-state index contributed by atoms with van der Waals surface area (Å²) in [5, 5.41) is 2.71. The Kier molecular flexibility index (Phi) is 5.68. The minimum atomic E-state index is -0.605. The Bertz CT molecular complexity index is 841. The highest BCUT2D eigenvalue weighted by Crippen LogP contribution is 2.04. The first-order valence-electron chi connectivity index (χ1n) is 7.74. The number of carbonyl (C=O) groups excluding carboxylic acids is 1. The molecule has 0 spiro atoms. The van der Waals surface area contributed by atoms with Crippen LogP contribution in [0.4, 0.5) is 4.39 Å². The van der Waals surface area contributed by atoms with E-state index in [-0.39, 0.29) is 19.1 Å². The first-order chi connectivity index (χ1) is 11.4. The predicted molar refractivity (Wildman–Crippen MR) is 88.4 cm³/mol. The summed E-state index contributed by atoms with van der Waals surface area (Å²) in [6, 6.07) is 7.04. The van der Waals surface area contributed by atoms with Crippen LogP contribution in [0.25, 0.3) is 0 Å². The maximum atomic E-state index is 13.2. The van der Waals surface area contributed by atoms with Crippen molar-refractivity contribution in [1.29, 1.82) is 0 Å². The van der Waals surface area contributed by atoms with E-state index in [1.165, 1.54) is 29.0 Å². The molecule has 1 atom stereocenters. The lowest BCUT2D eigenvalue weighted by Crippen LogP contribution is -2.44. The number of halogens is 1. The first-order valence-corrected chi connectivity index (χ1v) is 7.74. The molecule has 7 heteroatoms. The lowest BCUT2D eigenvalue weighted by molar-refractivity contribution is -0.122. The van der Waals surface area contributed by atoms with Crippen LogP contribution in [0.5, 0.6) is 0 Å². The molecule has 128 valence electrons. The number of hydrogen-bond donors (Lipinski definition) is 1. The Morgan fingerprint density at radius 3 is 2.71 bits per heavy atom. The van der Waals surface area contributed by atoms with Crippen LogP contribution < -0.4 is 16.6 Å². The molecular weight excluding hydrogens is 313 g/mol. The fraction of sp³-hybridized carbons (Fsp3) is 0.353. The molecule has 1 heterocycles. The second kappa shape index (κ2) is 7.72. The maximum Gasteiger partial charge on any atom is 0.331 e. The largest absolute Gasteiger partial charge is 0.352 e. The molecule has 0 aliphatic heterocycles. The third kappa shape index (κ3) is 4.41. The number of hydrogen-bond acceptors (Lipinski definition) is 3. The molecule has 0 bridgehead atoms. The Hall–Kier alpha value is -2.70. The molecule has 0 fully saturated rings. The van der Waals surface area contributed by atoms with Crippen LogP contribution >= 0.6 is 0 Å². The number of rotatable bonds is 6. The lowest BCUT2D eigenvalue weighted by Gasteiger charge is -2.13. The molecule has 24 heavy (non-hydrogen) atoms. The van der Waals surface area contributed by atoms with Crippen molar-refractivity contribution in [1.82, 2.24) is 14.5 Å². The first kappa shape index (κ1) is 17.7. The van der Waals surface area contributed by atoms with Gasteiger partial charge in [0.15, 0.2) is 0 Å². The second-order valence-electron chi connectivity index (χ2n) is 5.66. The Balaban J connectivity index is 2.25. The van der Waals surface area contributed by atoms with Crippen molar-refractivity contribution in [3.63, 3.8) is 0 Å². The molecule has 0 radical (unpaired) electrons. The molecule has 0 unspecified atom stereocenters. The van der Waals surface area contributed by atoms with Crippen LogP contribution in [0.1, 0.15) is 25.8 Å². The van der Waals surface area contributed by atoms with Crippen molar-refractivity contribution >= 4 is 5.91 Å². The topological polar surface area (TPSA) is 73.1 Å². The highest BCUT2D eigenvalue weighted by molar-refractivity contribution is 5.75. The van der Waals surface area contributed by atoms with Gasteiger partial charge in [-0.25, -0.2) is 9.18 Å². The SMILES string of the molecule is CC[C@H](C)NC(=O)Cn1c(=O)ccn(Cc2cccc(F)c2)c1=O. The molecule has 1 N–H and O–H groups in total. The molecule has 0 saturated carbocycles. The summed E-state index contributed by atoms with van der Waals surface area (Å²) in [7, 11) is 0. The number of aromatic nitrogens is 2. The van der Waals surface area contributed by atoms with E-state index >= 15 is 0 Å². The van der Waals surface area contributed by atoms with E-state index in [1.807, 2.05) is 13.8 Å². The smallest absolute Gasteiger partial charge is 0.331 e. The number of nitrogens with zero attached hydrogens (tertiary/aromatic N) is 2. The minimum absolute atomic E-state index is 0.0357. The third-order valence-electron chi connectivity index (χ3n) is 3.70. The van der Waals surface area contributed by atoms with Gasteiger partial charge in [0.05, 0.1) is 6.54 Å². The van der Waals surface area contributed by atoms with Gasteiger partial charge in [-0.3, -0.25) is 18.7 Å². The molecule has 2 aromatic rings. The zero-order valence-electron chi connectivity index (χ0n) is 13.7. The average molecular weight is 333 g/mol. The molecular formula is C17H20FN3O3. The van der Waals surface area contributed by atoms with Gasteiger partial charge < -0.3 is 5.32 Å². The van der Waals surface area contributed by atoms with E-state index in [4.69, 9.17) is 0 Å². The van der Waals surface area contributed by atoms with Gasteiger partial charge >= 0.3 is 5.69 Å². The molecule has 0 aliphatic rings. The molecule has 0 aliphatic carbocycles. The zero-order chi connectivity index (χ0) is 17.7. The summed E-state index contributed by atoms with van der Waals surface area (Å²) >= 11 is 0. The summed E-state index contributed by atoms with van der Waals surface area (Å²) in [6.07, 6.45) is 2.10. The van der Waals surface area contributed by atoms with Gasteiger partial charge in [-0.1, -0.05) is 19.1 Å². The third-order valence-corrected chi connectivity index (χ3v) is 3.70. The van der Waals surface area contributed by atoms with Gasteiger partial charge in [-0.05, 0) is 31.0 Å². The van der Waals surface area contributed by atoms with Gasteiger partial charge in [0.25, 0.3) is 5.56 Å². The van der Waals surface area contributed by atoms with Gasteiger partial charge in [0.1, 0.15) is 12.4 Å². The van der Waals surface area contributed by atoms with Crippen LogP contribution in [0.3, 0.4) is 0 Å². The summed E-state index contributed by atoms with van der Waals surface area (Å²) in [5.74, 6) is -0.797. The highest BCUT2D eigenvalue weighted by atomic mass is 19.1. The van der Waals surface area contributed by atoms with E-state index in [2.05, 4.69) is 5.32 Å². The van der Waals surface area contributed by atoms with Crippen molar-refractivity contribution in [3.8, 4) is 0 Å². The Morgan fingerprint density at radius 1 is 1.29 bits per heavy atom. The molecule has 6 nitrogen and oxygen atoms in total. The van der Waals surface area contributed by atoms with E-state index in [0.717, 1.165) is 11.0 Å². The van der Waals surface area contributed by atoms with Gasteiger partial charge in [-0.15, -0.1) is 0 Å².